The first kappa shape index (κ1) is 15.6. The molecule has 0 aromatic carbocycles. The number of nitriles is 1. The third-order valence-electron chi connectivity index (χ3n) is 6.27. The lowest BCUT2D eigenvalue weighted by atomic mass is 9.52. The lowest BCUT2D eigenvalue weighted by Gasteiger charge is -2.60. The van der Waals surface area contributed by atoms with Gasteiger partial charge in [0.05, 0.1) is 24.3 Å². The van der Waals surface area contributed by atoms with Crippen LogP contribution in [-0.2, 0) is 0 Å². The van der Waals surface area contributed by atoms with Crippen LogP contribution in [0.25, 0.3) is 0 Å². The molecule has 4 bridgehead atoms. The highest BCUT2D eigenvalue weighted by Gasteiger charge is 2.54. The van der Waals surface area contributed by atoms with Gasteiger partial charge in [0, 0.05) is 18.3 Å². The average Bonchev–Trinajstić information content (AvgIpc) is 2.54. The van der Waals surface area contributed by atoms with Crippen LogP contribution in [0.5, 0.6) is 0 Å². The highest BCUT2D eigenvalue weighted by atomic mass is 19.1. The molecule has 0 aliphatic heterocycles. The summed E-state index contributed by atoms with van der Waals surface area (Å²) in [6, 6.07) is 3.61. The third kappa shape index (κ3) is 2.49. The van der Waals surface area contributed by atoms with Crippen LogP contribution in [0.2, 0.25) is 0 Å². The molecule has 0 N–H and O–H groups in total. The number of nitrogens with zero attached hydrogens (tertiary/aromatic N) is 3. The molecule has 1 aromatic rings. The van der Waals surface area contributed by atoms with Crippen molar-refractivity contribution in [3.05, 3.63) is 29.8 Å². The molecule has 24 heavy (non-hydrogen) atoms. The van der Waals surface area contributed by atoms with E-state index in [0.29, 0.717) is 30.7 Å². The van der Waals surface area contributed by atoms with Gasteiger partial charge in [-0.05, 0) is 62.3 Å². The number of hydrogen-bond donors (Lipinski definition) is 0. The van der Waals surface area contributed by atoms with Crippen LogP contribution in [0.4, 0.5) is 4.39 Å². The van der Waals surface area contributed by atoms with Crippen molar-refractivity contribution in [2.24, 2.45) is 17.8 Å². The zero-order chi connectivity index (χ0) is 16.7. The standard InChI is InChI=1S/C19H22FN3O/c20-17-12-22-4-2-16(17)18(24)23(5-1-3-21)19-9-13-6-14(10-19)8-15(7-13)11-19/h2,4,12-15H,1,5-11H2. The summed E-state index contributed by atoms with van der Waals surface area (Å²) in [7, 11) is 0. The number of pyridine rings is 1. The zero-order valence-corrected chi connectivity index (χ0v) is 13.7. The molecule has 0 spiro atoms. The van der Waals surface area contributed by atoms with E-state index >= 15 is 0 Å². The van der Waals surface area contributed by atoms with Crippen molar-refractivity contribution in [1.29, 1.82) is 5.26 Å². The summed E-state index contributed by atoms with van der Waals surface area (Å²) in [5, 5.41) is 9.03. The van der Waals surface area contributed by atoms with Crippen LogP contribution in [0.15, 0.2) is 18.5 Å². The van der Waals surface area contributed by atoms with Crippen LogP contribution in [0.3, 0.4) is 0 Å². The van der Waals surface area contributed by atoms with E-state index in [4.69, 9.17) is 5.26 Å². The summed E-state index contributed by atoms with van der Waals surface area (Å²) in [5.74, 6) is 1.23. The molecule has 4 aliphatic rings. The summed E-state index contributed by atoms with van der Waals surface area (Å²) in [6.45, 7) is 0.392. The Bertz CT molecular complexity index is 661. The fourth-order valence-electron chi connectivity index (χ4n) is 5.81. The van der Waals surface area contributed by atoms with Gasteiger partial charge in [-0.2, -0.15) is 5.26 Å². The van der Waals surface area contributed by atoms with E-state index in [2.05, 4.69) is 11.1 Å². The summed E-state index contributed by atoms with van der Waals surface area (Å²) in [5.41, 5.74) is -0.0861. The highest BCUT2D eigenvalue weighted by Crippen LogP contribution is 2.58. The summed E-state index contributed by atoms with van der Waals surface area (Å²) < 4.78 is 14.1. The number of halogens is 1. The second-order valence-corrected chi connectivity index (χ2v) is 7.86. The van der Waals surface area contributed by atoms with E-state index in [1.165, 1.54) is 31.5 Å². The molecular formula is C19H22FN3O. The van der Waals surface area contributed by atoms with Gasteiger partial charge in [-0.1, -0.05) is 0 Å². The second kappa shape index (κ2) is 5.84. The number of aromatic nitrogens is 1. The Labute approximate surface area is 141 Å². The molecule has 1 aromatic heterocycles. The fraction of sp³-hybridized carbons (Fsp3) is 0.632. The second-order valence-electron chi connectivity index (χ2n) is 7.86. The first-order chi connectivity index (χ1) is 11.6. The maximum atomic E-state index is 14.1. The first-order valence-electron chi connectivity index (χ1n) is 8.90. The van der Waals surface area contributed by atoms with Crippen molar-refractivity contribution in [3.8, 4) is 6.07 Å². The third-order valence-corrected chi connectivity index (χ3v) is 6.27. The molecule has 4 fully saturated rings. The molecule has 4 aliphatic carbocycles. The molecule has 4 saturated carbocycles. The predicted octanol–water partition coefficient (Wildman–Crippen LogP) is 3.55. The molecule has 5 rings (SSSR count). The van der Waals surface area contributed by atoms with Gasteiger partial charge >= 0.3 is 0 Å². The maximum Gasteiger partial charge on any atom is 0.257 e. The maximum absolute atomic E-state index is 14.1. The van der Waals surface area contributed by atoms with Crippen LogP contribution < -0.4 is 0 Å². The lowest BCUT2D eigenvalue weighted by molar-refractivity contribution is -0.0741. The Morgan fingerprint density at radius 2 is 1.92 bits per heavy atom. The van der Waals surface area contributed by atoms with Gasteiger partial charge in [-0.3, -0.25) is 9.78 Å². The van der Waals surface area contributed by atoms with Crippen LogP contribution in [-0.4, -0.2) is 27.9 Å². The predicted molar refractivity (Wildman–Crippen MR) is 86.4 cm³/mol. The molecule has 0 radical (unpaired) electrons. The van der Waals surface area contributed by atoms with Crippen molar-refractivity contribution in [3.63, 3.8) is 0 Å². The minimum absolute atomic E-state index is 0.0821. The monoisotopic (exact) mass is 327 g/mol. The van der Waals surface area contributed by atoms with Gasteiger partial charge in [0.15, 0.2) is 5.82 Å². The fourth-order valence-corrected chi connectivity index (χ4v) is 5.81. The lowest BCUT2D eigenvalue weighted by Crippen LogP contribution is -2.61. The van der Waals surface area contributed by atoms with Gasteiger partial charge in [0.2, 0.25) is 0 Å². The summed E-state index contributed by atoms with van der Waals surface area (Å²) in [4.78, 5) is 18.7. The Hall–Kier alpha value is -1.96. The molecular weight excluding hydrogens is 305 g/mol. The van der Waals surface area contributed by atoms with E-state index in [0.717, 1.165) is 25.5 Å². The minimum Gasteiger partial charge on any atom is -0.332 e. The van der Waals surface area contributed by atoms with E-state index in [-0.39, 0.29) is 17.0 Å². The highest BCUT2D eigenvalue weighted by molar-refractivity contribution is 5.95. The quantitative estimate of drug-likeness (QED) is 0.850. The van der Waals surface area contributed by atoms with Crippen LogP contribution in [0, 0.1) is 34.9 Å². The van der Waals surface area contributed by atoms with Crippen LogP contribution >= 0.6 is 0 Å². The van der Waals surface area contributed by atoms with E-state index in [1.807, 2.05) is 4.90 Å². The van der Waals surface area contributed by atoms with Crippen molar-refractivity contribution >= 4 is 5.91 Å². The Balaban J connectivity index is 1.68. The first-order valence-corrected chi connectivity index (χ1v) is 8.90. The number of carbonyl (C=O) groups is 1. The smallest absolute Gasteiger partial charge is 0.257 e. The molecule has 0 saturated heterocycles. The number of carbonyl (C=O) groups excluding carboxylic acids is 1. The molecule has 1 heterocycles. The number of hydrogen-bond acceptors (Lipinski definition) is 3. The van der Waals surface area contributed by atoms with Crippen molar-refractivity contribution < 1.29 is 9.18 Å². The molecule has 4 nitrogen and oxygen atoms in total. The zero-order valence-electron chi connectivity index (χ0n) is 13.7. The van der Waals surface area contributed by atoms with E-state index in [1.54, 1.807) is 0 Å². The molecule has 0 atom stereocenters. The Kier molecular flexibility index (Phi) is 3.79. The molecule has 5 heteroatoms. The molecule has 126 valence electrons. The average molecular weight is 327 g/mol. The Morgan fingerprint density at radius 1 is 1.29 bits per heavy atom. The molecule has 1 amide bonds. The van der Waals surface area contributed by atoms with Crippen molar-refractivity contribution in [2.75, 3.05) is 6.54 Å². The Morgan fingerprint density at radius 3 is 2.46 bits per heavy atom. The van der Waals surface area contributed by atoms with E-state index in [9.17, 15) is 9.18 Å². The van der Waals surface area contributed by atoms with Crippen molar-refractivity contribution in [1.82, 2.24) is 9.88 Å². The number of rotatable bonds is 4. The van der Waals surface area contributed by atoms with Gasteiger partial charge in [-0.15, -0.1) is 0 Å². The van der Waals surface area contributed by atoms with Gasteiger partial charge in [-0.25, -0.2) is 4.39 Å². The SMILES string of the molecule is N#CCCN(C(=O)c1ccncc1F)C12CC3CC(CC(C3)C1)C2. The van der Waals surface area contributed by atoms with Crippen LogP contribution in [0.1, 0.15) is 55.3 Å². The number of amides is 1. The molecule has 0 unspecified atom stereocenters. The summed E-state index contributed by atoms with van der Waals surface area (Å²) in [6.07, 6.45) is 9.73. The van der Waals surface area contributed by atoms with Gasteiger partial charge in [0.25, 0.3) is 5.91 Å². The largest absolute Gasteiger partial charge is 0.332 e. The van der Waals surface area contributed by atoms with Crippen molar-refractivity contribution in [2.45, 2.75) is 50.5 Å². The van der Waals surface area contributed by atoms with Gasteiger partial charge < -0.3 is 4.90 Å². The minimum atomic E-state index is -0.575. The van der Waals surface area contributed by atoms with Gasteiger partial charge in [0.1, 0.15) is 0 Å². The normalized spacial score (nSPS) is 33.2. The van der Waals surface area contributed by atoms with E-state index < -0.39 is 5.82 Å². The topological polar surface area (TPSA) is 57.0 Å². The summed E-state index contributed by atoms with van der Waals surface area (Å²) >= 11 is 0.